The molecule has 0 radical (unpaired) electrons. The molecule has 0 saturated carbocycles. The van der Waals surface area contributed by atoms with Crippen molar-refractivity contribution in [1.82, 2.24) is 10.2 Å². The lowest BCUT2D eigenvalue weighted by molar-refractivity contribution is -0.136. The number of nitrogens with zero attached hydrogens (tertiary/aromatic N) is 1. The van der Waals surface area contributed by atoms with Crippen LogP contribution in [-0.4, -0.2) is 41.7 Å². The van der Waals surface area contributed by atoms with Gasteiger partial charge < -0.3 is 10.4 Å². The Kier molecular flexibility index (Phi) is 4.33. The van der Waals surface area contributed by atoms with E-state index in [9.17, 15) is 4.79 Å². The Bertz CT molecular complexity index is 420. The SMILES string of the molecule is CC1CNCCN1Cc1ccccc1CC(=O)O. The van der Waals surface area contributed by atoms with E-state index in [4.69, 9.17) is 5.11 Å². The lowest BCUT2D eigenvalue weighted by atomic mass is 10.0. The zero-order valence-corrected chi connectivity index (χ0v) is 10.7. The average Bonchev–Trinajstić information content (AvgIpc) is 2.34. The summed E-state index contributed by atoms with van der Waals surface area (Å²) in [5.41, 5.74) is 2.06. The molecule has 2 rings (SSSR count). The van der Waals surface area contributed by atoms with Gasteiger partial charge in [0.15, 0.2) is 0 Å². The van der Waals surface area contributed by atoms with Crippen molar-refractivity contribution in [3.8, 4) is 0 Å². The third-order valence-corrected chi connectivity index (χ3v) is 3.47. The predicted octanol–water partition coefficient (Wildman–Crippen LogP) is 1.11. The number of carboxylic acid groups (broad SMARTS) is 1. The first-order valence-corrected chi connectivity index (χ1v) is 6.40. The number of aliphatic carboxylic acids is 1. The summed E-state index contributed by atoms with van der Waals surface area (Å²) in [6.45, 7) is 6.06. The minimum Gasteiger partial charge on any atom is -0.481 e. The lowest BCUT2D eigenvalue weighted by Gasteiger charge is -2.34. The standard InChI is InChI=1S/C14H20N2O2/c1-11-9-15-6-7-16(11)10-13-5-3-2-4-12(13)8-14(17)18/h2-5,11,15H,6-10H2,1H3,(H,17,18). The van der Waals surface area contributed by atoms with Gasteiger partial charge in [-0.25, -0.2) is 0 Å². The number of piperazine rings is 1. The molecule has 1 fully saturated rings. The fourth-order valence-corrected chi connectivity index (χ4v) is 2.38. The predicted molar refractivity (Wildman–Crippen MR) is 70.5 cm³/mol. The molecule has 0 spiro atoms. The summed E-state index contributed by atoms with van der Waals surface area (Å²) in [6.07, 6.45) is 0.108. The highest BCUT2D eigenvalue weighted by molar-refractivity contribution is 5.70. The summed E-state index contributed by atoms with van der Waals surface area (Å²) in [5.74, 6) is -0.768. The van der Waals surface area contributed by atoms with E-state index in [0.29, 0.717) is 6.04 Å². The van der Waals surface area contributed by atoms with Crippen LogP contribution in [0, 0.1) is 0 Å². The average molecular weight is 248 g/mol. The van der Waals surface area contributed by atoms with Crippen molar-refractivity contribution in [2.75, 3.05) is 19.6 Å². The Balaban J connectivity index is 2.10. The number of hydrogen-bond acceptors (Lipinski definition) is 3. The van der Waals surface area contributed by atoms with Crippen molar-refractivity contribution in [2.45, 2.75) is 25.9 Å². The van der Waals surface area contributed by atoms with Crippen molar-refractivity contribution in [2.24, 2.45) is 0 Å². The van der Waals surface area contributed by atoms with E-state index < -0.39 is 5.97 Å². The van der Waals surface area contributed by atoms with Crippen LogP contribution in [0.25, 0.3) is 0 Å². The van der Waals surface area contributed by atoms with Gasteiger partial charge in [-0.3, -0.25) is 9.69 Å². The molecule has 1 aromatic rings. The Morgan fingerprint density at radius 2 is 2.17 bits per heavy atom. The van der Waals surface area contributed by atoms with Crippen molar-refractivity contribution in [3.63, 3.8) is 0 Å². The molecule has 0 bridgehead atoms. The normalized spacial score (nSPS) is 20.8. The van der Waals surface area contributed by atoms with Gasteiger partial charge in [0.05, 0.1) is 6.42 Å². The summed E-state index contributed by atoms with van der Waals surface area (Å²) >= 11 is 0. The monoisotopic (exact) mass is 248 g/mol. The first-order chi connectivity index (χ1) is 8.66. The topological polar surface area (TPSA) is 52.6 Å². The third-order valence-electron chi connectivity index (χ3n) is 3.47. The zero-order valence-electron chi connectivity index (χ0n) is 10.7. The minimum atomic E-state index is -0.768. The number of nitrogens with one attached hydrogen (secondary N) is 1. The maximum atomic E-state index is 10.9. The number of benzene rings is 1. The van der Waals surface area contributed by atoms with E-state index >= 15 is 0 Å². The second-order valence-corrected chi connectivity index (χ2v) is 4.86. The first kappa shape index (κ1) is 13.1. The zero-order chi connectivity index (χ0) is 13.0. The highest BCUT2D eigenvalue weighted by Gasteiger charge is 2.19. The van der Waals surface area contributed by atoms with E-state index in [1.54, 1.807) is 0 Å². The molecule has 2 N–H and O–H groups in total. The van der Waals surface area contributed by atoms with Crippen LogP contribution in [0.1, 0.15) is 18.1 Å². The van der Waals surface area contributed by atoms with Crippen LogP contribution in [0.5, 0.6) is 0 Å². The van der Waals surface area contributed by atoms with Crippen LogP contribution in [0.3, 0.4) is 0 Å². The number of carboxylic acids is 1. The molecule has 0 aromatic heterocycles. The molecule has 18 heavy (non-hydrogen) atoms. The van der Waals surface area contributed by atoms with Gasteiger partial charge in [0.25, 0.3) is 0 Å². The lowest BCUT2D eigenvalue weighted by Crippen LogP contribution is -2.49. The fraction of sp³-hybridized carbons (Fsp3) is 0.500. The number of hydrogen-bond donors (Lipinski definition) is 2. The molecule has 1 aromatic carbocycles. The van der Waals surface area contributed by atoms with Crippen LogP contribution in [0.4, 0.5) is 0 Å². The van der Waals surface area contributed by atoms with E-state index in [1.807, 2.05) is 24.3 Å². The van der Waals surface area contributed by atoms with Gasteiger partial charge in [-0.15, -0.1) is 0 Å². The summed E-state index contributed by atoms with van der Waals surface area (Å²) in [4.78, 5) is 13.3. The van der Waals surface area contributed by atoms with Gasteiger partial charge in [0.2, 0.25) is 0 Å². The number of rotatable bonds is 4. The van der Waals surface area contributed by atoms with Crippen molar-refractivity contribution < 1.29 is 9.90 Å². The van der Waals surface area contributed by atoms with Gasteiger partial charge in [-0.1, -0.05) is 24.3 Å². The van der Waals surface area contributed by atoms with Crippen LogP contribution in [0.15, 0.2) is 24.3 Å². The molecule has 98 valence electrons. The van der Waals surface area contributed by atoms with Crippen LogP contribution < -0.4 is 5.32 Å². The largest absolute Gasteiger partial charge is 0.481 e. The van der Waals surface area contributed by atoms with Crippen molar-refractivity contribution in [3.05, 3.63) is 35.4 Å². The molecule has 4 nitrogen and oxygen atoms in total. The molecule has 1 aliphatic heterocycles. The Morgan fingerprint density at radius 3 is 2.83 bits per heavy atom. The quantitative estimate of drug-likeness (QED) is 0.838. The Hall–Kier alpha value is -1.39. The molecule has 1 saturated heterocycles. The minimum absolute atomic E-state index is 0.108. The molecular weight excluding hydrogens is 228 g/mol. The second-order valence-electron chi connectivity index (χ2n) is 4.86. The molecule has 1 aliphatic rings. The van der Waals surface area contributed by atoms with E-state index in [-0.39, 0.29) is 6.42 Å². The van der Waals surface area contributed by atoms with Gasteiger partial charge in [0, 0.05) is 32.2 Å². The fourth-order valence-electron chi connectivity index (χ4n) is 2.38. The smallest absolute Gasteiger partial charge is 0.307 e. The van der Waals surface area contributed by atoms with E-state index in [2.05, 4.69) is 17.1 Å². The molecular formula is C14H20N2O2. The highest BCUT2D eigenvalue weighted by Crippen LogP contribution is 2.15. The molecule has 1 heterocycles. The van der Waals surface area contributed by atoms with Crippen molar-refractivity contribution in [1.29, 1.82) is 0 Å². The summed E-state index contributed by atoms with van der Waals surface area (Å²) in [6, 6.07) is 8.33. The van der Waals surface area contributed by atoms with Crippen LogP contribution in [-0.2, 0) is 17.8 Å². The maximum absolute atomic E-state index is 10.9. The Labute approximate surface area is 108 Å². The van der Waals surface area contributed by atoms with E-state index in [1.165, 1.54) is 0 Å². The summed E-state index contributed by atoms with van der Waals surface area (Å²) in [7, 11) is 0. The van der Waals surface area contributed by atoms with Gasteiger partial charge in [-0.2, -0.15) is 0 Å². The number of carbonyl (C=O) groups is 1. The highest BCUT2D eigenvalue weighted by atomic mass is 16.4. The molecule has 0 aliphatic carbocycles. The molecule has 4 heteroatoms. The molecule has 1 atom stereocenters. The summed E-state index contributed by atoms with van der Waals surface area (Å²) < 4.78 is 0. The Morgan fingerprint density at radius 1 is 1.44 bits per heavy atom. The van der Waals surface area contributed by atoms with Gasteiger partial charge in [0.1, 0.15) is 0 Å². The first-order valence-electron chi connectivity index (χ1n) is 6.40. The van der Waals surface area contributed by atoms with Crippen LogP contribution in [0.2, 0.25) is 0 Å². The van der Waals surface area contributed by atoms with Gasteiger partial charge >= 0.3 is 5.97 Å². The molecule has 1 unspecified atom stereocenters. The molecule has 0 amide bonds. The second kappa shape index (κ2) is 5.98. The van der Waals surface area contributed by atoms with Crippen molar-refractivity contribution >= 4 is 5.97 Å². The summed E-state index contributed by atoms with van der Waals surface area (Å²) in [5, 5.41) is 12.3. The van der Waals surface area contributed by atoms with Crippen LogP contribution >= 0.6 is 0 Å². The maximum Gasteiger partial charge on any atom is 0.307 e. The van der Waals surface area contributed by atoms with E-state index in [0.717, 1.165) is 37.3 Å². The third kappa shape index (κ3) is 3.31. The van der Waals surface area contributed by atoms with Gasteiger partial charge in [-0.05, 0) is 18.1 Å².